The lowest BCUT2D eigenvalue weighted by atomic mass is 10.0. The van der Waals surface area contributed by atoms with Crippen molar-refractivity contribution in [2.75, 3.05) is 13.6 Å². The number of aromatic nitrogens is 4. The predicted octanol–water partition coefficient (Wildman–Crippen LogP) is 2.42. The van der Waals surface area contributed by atoms with E-state index in [2.05, 4.69) is 25.5 Å². The molecule has 8 heteroatoms. The van der Waals surface area contributed by atoms with Crippen molar-refractivity contribution in [2.24, 2.45) is 0 Å². The van der Waals surface area contributed by atoms with Gasteiger partial charge in [0.1, 0.15) is 5.82 Å². The van der Waals surface area contributed by atoms with Gasteiger partial charge in [-0.3, -0.25) is 9.89 Å². The summed E-state index contributed by atoms with van der Waals surface area (Å²) in [5.41, 5.74) is 4.20. The maximum Gasteiger partial charge on any atom is 0.274 e. The van der Waals surface area contributed by atoms with Crippen LogP contribution in [0.2, 0.25) is 5.02 Å². The Morgan fingerprint density at radius 2 is 2.24 bits per heavy atom. The monoisotopic (exact) mass is 358 g/mol. The Morgan fingerprint density at radius 1 is 1.40 bits per heavy atom. The van der Waals surface area contributed by atoms with Gasteiger partial charge in [0.05, 0.1) is 22.8 Å². The Morgan fingerprint density at radius 3 is 3.08 bits per heavy atom. The number of benzene rings is 1. The van der Waals surface area contributed by atoms with Crippen molar-refractivity contribution in [1.82, 2.24) is 30.4 Å². The summed E-state index contributed by atoms with van der Waals surface area (Å²) in [7, 11) is 1.77. The molecule has 1 unspecified atom stereocenters. The lowest BCUT2D eigenvalue weighted by Gasteiger charge is -2.23. The number of hydrogen-bond donors (Lipinski definition) is 3. The van der Waals surface area contributed by atoms with Gasteiger partial charge in [0, 0.05) is 24.2 Å². The molecule has 0 saturated heterocycles. The SMILES string of the molecule is CC(c1nc2ccc(Cl)cc2[nH]1)N(C)C(=O)c1n[nH]c2c1CCNC2. The van der Waals surface area contributed by atoms with Crippen LogP contribution in [0.3, 0.4) is 0 Å². The number of aromatic amines is 2. The normalized spacial score (nSPS) is 15.2. The second kappa shape index (κ2) is 6.16. The predicted molar refractivity (Wildman–Crippen MR) is 95.6 cm³/mol. The number of amides is 1. The molecular formula is C17H19ClN6O. The van der Waals surface area contributed by atoms with Gasteiger partial charge in [0.2, 0.25) is 0 Å². The quantitative estimate of drug-likeness (QED) is 0.670. The van der Waals surface area contributed by atoms with Crippen LogP contribution >= 0.6 is 11.6 Å². The maximum atomic E-state index is 12.9. The fourth-order valence-corrected chi connectivity index (χ4v) is 3.32. The summed E-state index contributed by atoms with van der Waals surface area (Å²) in [4.78, 5) is 22.4. The molecule has 7 nitrogen and oxygen atoms in total. The van der Waals surface area contributed by atoms with Gasteiger partial charge in [-0.25, -0.2) is 4.98 Å². The van der Waals surface area contributed by atoms with Crippen molar-refractivity contribution >= 4 is 28.5 Å². The van der Waals surface area contributed by atoms with Crippen LogP contribution in [0.25, 0.3) is 11.0 Å². The molecule has 2 aromatic heterocycles. The van der Waals surface area contributed by atoms with E-state index >= 15 is 0 Å². The van der Waals surface area contributed by atoms with Gasteiger partial charge in [-0.05, 0) is 38.1 Å². The second-order valence-electron chi connectivity index (χ2n) is 6.33. The largest absolute Gasteiger partial charge is 0.340 e. The average molecular weight is 359 g/mol. The topological polar surface area (TPSA) is 89.7 Å². The third-order valence-electron chi connectivity index (χ3n) is 4.77. The van der Waals surface area contributed by atoms with E-state index in [-0.39, 0.29) is 11.9 Å². The van der Waals surface area contributed by atoms with Gasteiger partial charge >= 0.3 is 0 Å². The highest BCUT2D eigenvalue weighted by atomic mass is 35.5. The van der Waals surface area contributed by atoms with Crippen LogP contribution in [0.5, 0.6) is 0 Å². The van der Waals surface area contributed by atoms with E-state index in [1.54, 1.807) is 18.0 Å². The van der Waals surface area contributed by atoms with Crippen LogP contribution in [0.4, 0.5) is 0 Å². The van der Waals surface area contributed by atoms with Gasteiger partial charge in [0.15, 0.2) is 5.69 Å². The molecule has 0 radical (unpaired) electrons. The van der Waals surface area contributed by atoms with Crippen LogP contribution in [0, 0.1) is 0 Å². The van der Waals surface area contributed by atoms with Crippen molar-refractivity contribution in [1.29, 1.82) is 0 Å². The number of nitrogens with zero attached hydrogens (tertiary/aromatic N) is 3. The summed E-state index contributed by atoms with van der Waals surface area (Å²) < 4.78 is 0. The Balaban J connectivity index is 1.61. The lowest BCUT2D eigenvalue weighted by molar-refractivity contribution is 0.0730. The van der Waals surface area contributed by atoms with Gasteiger partial charge < -0.3 is 15.2 Å². The molecule has 1 amide bonds. The summed E-state index contributed by atoms with van der Waals surface area (Å²) in [5.74, 6) is 0.615. The third-order valence-corrected chi connectivity index (χ3v) is 5.00. The lowest BCUT2D eigenvalue weighted by Crippen LogP contribution is -2.32. The van der Waals surface area contributed by atoms with Crippen LogP contribution in [0.1, 0.15) is 40.5 Å². The number of imidazole rings is 1. The number of carbonyl (C=O) groups is 1. The molecule has 3 heterocycles. The number of carbonyl (C=O) groups excluding carboxylic acids is 1. The summed E-state index contributed by atoms with van der Waals surface area (Å²) in [6.07, 6.45) is 0.804. The molecule has 0 spiro atoms. The highest BCUT2D eigenvalue weighted by molar-refractivity contribution is 6.31. The third kappa shape index (κ3) is 2.79. The number of halogens is 1. The minimum absolute atomic E-state index is 0.106. The zero-order valence-electron chi connectivity index (χ0n) is 14.1. The second-order valence-corrected chi connectivity index (χ2v) is 6.77. The van der Waals surface area contributed by atoms with Crippen LogP contribution in [0.15, 0.2) is 18.2 Å². The summed E-state index contributed by atoms with van der Waals surface area (Å²) in [5, 5.41) is 11.1. The smallest absolute Gasteiger partial charge is 0.274 e. The molecule has 25 heavy (non-hydrogen) atoms. The molecule has 0 fully saturated rings. The highest BCUT2D eigenvalue weighted by Gasteiger charge is 2.27. The first-order valence-corrected chi connectivity index (χ1v) is 8.61. The van der Waals surface area contributed by atoms with Crippen molar-refractivity contribution in [3.63, 3.8) is 0 Å². The molecule has 3 aromatic rings. The zero-order chi connectivity index (χ0) is 17.6. The first-order valence-electron chi connectivity index (χ1n) is 8.23. The van der Waals surface area contributed by atoms with Gasteiger partial charge in [-0.15, -0.1) is 0 Å². The minimum atomic E-state index is -0.215. The first kappa shape index (κ1) is 16.1. The highest BCUT2D eigenvalue weighted by Crippen LogP contribution is 2.24. The molecule has 1 aliphatic rings. The van der Waals surface area contributed by atoms with Crippen molar-refractivity contribution in [3.8, 4) is 0 Å². The fraction of sp³-hybridized carbons (Fsp3) is 0.353. The van der Waals surface area contributed by atoms with E-state index < -0.39 is 0 Å². The number of nitrogens with one attached hydrogen (secondary N) is 3. The molecule has 4 rings (SSSR count). The zero-order valence-corrected chi connectivity index (χ0v) is 14.8. The first-order chi connectivity index (χ1) is 12.0. The van der Waals surface area contributed by atoms with Crippen molar-refractivity contribution in [3.05, 3.63) is 46.0 Å². The Kier molecular flexibility index (Phi) is 3.97. The van der Waals surface area contributed by atoms with E-state index in [4.69, 9.17) is 11.6 Å². The van der Waals surface area contributed by atoms with Crippen molar-refractivity contribution in [2.45, 2.75) is 25.9 Å². The van der Waals surface area contributed by atoms with Crippen molar-refractivity contribution < 1.29 is 4.79 Å². The average Bonchev–Trinajstić information content (AvgIpc) is 3.23. The number of rotatable bonds is 3. The van der Waals surface area contributed by atoms with Crippen LogP contribution < -0.4 is 5.32 Å². The Hall–Kier alpha value is -2.38. The van der Waals surface area contributed by atoms with E-state index in [0.717, 1.165) is 47.6 Å². The minimum Gasteiger partial charge on any atom is -0.340 e. The van der Waals surface area contributed by atoms with E-state index in [1.165, 1.54) is 0 Å². The fourth-order valence-electron chi connectivity index (χ4n) is 3.15. The standard InChI is InChI=1S/C17H19ClN6O/c1-9(16-20-12-4-3-10(18)7-13(12)21-16)24(2)17(25)15-11-5-6-19-8-14(11)22-23-15/h3-4,7,9,19H,5-6,8H2,1-2H3,(H,20,21)(H,22,23). The molecule has 0 aliphatic carbocycles. The van der Waals surface area contributed by atoms with Gasteiger partial charge in [0.25, 0.3) is 5.91 Å². The van der Waals surface area contributed by atoms with E-state index in [0.29, 0.717) is 10.7 Å². The van der Waals surface area contributed by atoms with Crippen LogP contribution in [-0.4, -0.2) is 44.6 Å². The molecule has 1 atom stereocenters. The van der Waals surface area contributed by atoms with E-state index in [1.807, 2.05) is 19.1 Å². The maximum absolute atomic E-state index is 12.9. The summed E-state index contributed by atoms with van der Waals surface area (Å²) in [6.45, 7) is 3.52. The molecule has 1 aliphatic heterocycles. The number of fused-ring (bicyclic) bond motifs is 2. The Labute approximate surface area is 149 Å². The molecular weight excluding hydrogens is 340 g/mol. The molecule has 3 N–H and O–H groups in total. The van der Waals surface area contributed by atoms with Gasteiger partial charge in [-0.1, -0.05) is 11.6 Å². The molecule has 1 aromatic carbocycles. The van der Waals surface area contributed by atoms with E-state index in [9.17, 15) is 4.79 Å². The molecule has 130 valence electrons. The van der Waals surface area contributed by atoms with Crippen LogP contribution in [-0.2, 0) is 13.0 Å². The van der Waals surface area contributed by atoms with Gasteiger partial charge in [-0.2, -0.15) is 5.10 Å². The molecule has 0 saturated carbocycles. The number of H-pyrrole nitrogens is 2. The Bertz CT molecular complexity index is 946. The number of hydrogen-bond acceptors (Lipinski definition) is 4. The molecule has 0 bridgehead atoms. The summed E-state index contributed by atoms with van der Waals surface area (Å²) in [6, 6.07) is 5.29. The summed E-state index contributed by atoms with van der Waals surface area (Å²) >= 11 is 6.03.